The van der Waals surface area contributed by atoms with E-state index in [2.05, 4.69) is 9.97 Å². The molecule has 0 unspecified atom stereocenters. The minimum atomic E-state index is 0.393. The van der Waals surface area contributed by atoms with E-state index in [1.54, 1.807) is 24.3 Å². The van der Waals surface area contributed by atoms with Crippen molar-refractivity contribution in [1.29, 1.82) is 0 Å². The first-order chi connectivity index (χ1) is 10.1. The van der Waals surface area contributed by atoms with Gasteiger partial charge in [0.25, 0.3) is 0 Å². The molecule has 0 spiro atoms. The van der Waals surface area contributed by atoms with Crippen LogP contribution in [0.2, 0.25) is 10.0 Å². The van der Waals surface area contributed by atoms with Gasteiger partial charge >= 0.3 is 0 Å². The Morgan fingerprint density at radius 3 is 2.33 bits per heavy atom. The Balaban J connectivity index is 2.14. The maximum atomic E-state index is 6.21. The normalized spacial score (nSPS) is 10.6. The molecule has 1 aromatic heterocycles. The highest BCUT2D eigenvalue weighted by atomic mass is 35.5. The Kier molecular flexibility index (Phi) is 3.78. The Bertz CT molecular complexity index is 789. The van der Waals surface area contributed by atoms with Gasteiger partial charge in [0.2, 0.25) is 0 Å². The summed E-state index contributed by atoms with van der Waals surface area (Å²) < 4.78 is 0. The first-order valence-corrected chi connectivity index (χ1v) is 7.04. The molecule has 3 aromatic rings. The van der Waals surface area contributed by atoms with Crippen molar-refractivity contribution in [2.24, 2.45) is 0 Å². The second-order valence-electron chi connectivity index (χ2n) is 4.49. The number of nitrogens with zero attached hydrogens (tertiary/aromatic N) is 2. The van der Waals surface area contributed by atoms with Crippen molar-refractivity contribution in [3.63, 3.8) is 0 Å². The summed E-state index contributed by atoms with van der Waals surface area (Å²) in [5.74, 6) is 0.875. The molecule has 2 aromatic carbocycles. The molecule has 0 aliphatic rings. The van der Waals surface area contributed by atoms with Crippen LogP contribution in [0.3, 0.4) is 0 Å². The van der Waals surface area contributed by atoms with Gasteiger partial charge in [0.15, 0.2) is 5.82 Å². The molecular formula is C16H11Cl2N3. The quantitative estimate of drug-likeness (QED) is 0.745. The van der Waals surface area contributed by atoms with Gasteiger partial charge in [0, 0.05) is 22.2 Å². The van der Waals surface area contributed by atoms with Crippen LogP contribution in [0.5, 0.6) is 0 Å². The van der Waals surface area contributed by atoms with Crippen LogP contribution in [0.25, 0.3) is 22.6 Å². The second-order valence-corrected chi connectivity index (χ2v) is 5.34. The van der Waals surface area contributed by atoms with Crippen LogP contribution in [-0.2, 0) is 0 Å². The number of rotatable bonds is 2. The van der Waals surface area contributed by atoms with Crippen LogP contribution in [-0.4, -0.2) is 9.97 Å². The lowest BCUT2D eigenvalue weighted by molar-refractivity contribution is 1.19. The summed E-state index contributed by atoms with van der Waals surface area (Å²) in [5.41, 5.74) is 8.32. The van der Waals surface area contributed by atoms with E-state index in [1.807, 2.05) is 30.3 Å². The minimum Gasteiger partial charge on any atom is -0.384 e. The zero-order valence-corrected chi connectivity index (χ0v) is 12.4. The Labute approximate surface area is 132 Å². The fourth-order valence-electron chi connectivity index (χ4n) is 2.01. The van der Waals surface area contributed by atoms with Crippen molar-refractivity contribution in [1.82, 2.24) is 9.97 Å². The third-order valence-corrected chi connectivity index (χ3v) is 3.54. The number of halogens is 2. The van der Waals surface area contributed by atoms with Gasteiger partial charge in [-0.05, 0) is 18.2 Å². The molecule has 0 aliphatic heterocycles. The van der Waals surface area contributed by atoms with Gasteiger partial charge in [-0.3, -0.25) is 0 Å². The van der Waals surface area contributed by atoms with Crippen molar-refractivity contribution in [3.8, 4) is 22.6 Å². The Morgan fingerprint density at radius 2 is 1.62 bits per heavy atom. The Morgan fingerprint density at radius 1 is 0.857 bits per heavy atom. The van der Waals surface area contributed by atoms with Gasteiger partial charge in [0.05, 0.1) is 10.7 Å². The van der Waals surface area contributed by atoms with Gasteiger partial charge in [-0.1, -0.05) is 53.5 Å². The molecule has 0 aliphatic carbocycles. The topological polar surface area (TPSA) is 51.8 Å². The number of hydrogen-bond donors (Lipinski definition) is 1. The lowest BCUT2D eigenvalue weighted by Crippen LogP contribution is -1.98. The average Bonchev–Trinajstić information content (AvgIpc) is 2.47. The third-order valence-electron chi connectivity index (χ3n) is 2.99. The van der Waals surface area contributed by atoms with E-state index < -0.39 is 0 Å². The number of nitrogens with two attached hydrogens (primary N) is 1. The molecular weight excluding hydrogens is 305 g/mol. The van der Waals surface area contributed by atoms with Gasteiger partial charge in [-0.25, -0.2) is 9.97 Å². The molecule has 2 N–H and O–H groups in total. The summed E-state index contributed by atoms with van der Waals surface area (Å²) in [5, 5.41) is 1.06. The zero-order chi connectivity index (χ0) is 14.8. The summed E-state index contributed by atoms with van der Waals surface area (Å²) in [4.78, 5) is 8.81. The zero-order valence-electron chi connectivity index (χ0n) is 10.9. The van der Waals surface area contributed by atoms with E-state index in [0.29, 0.717) is 27.3 Å². The molecule has 104 valence electrons. The van der Waals surface area contributed by atoms with Crippen LogP contribution >= 0.6 is 23.2 Å². The summed E-state index contributed by atoms with van der Waals surface area (Å²) in [6.07, 6.45) is 0. The summed E-state index contributed by atoms with van der Waals surface area (Å²) in [6, 6.07) is 16.7. The number of aromatic nitrogens is 2. The van der Waals surface area contributed by atoms with Gasteiger partial charge < -0.3 is 5.73 Å². The lowest BCUT2D eigenvalue weighted by Gasteiger charge is -2.08. The monoisotopic (exact) mass is 315 g/mol. The fourth-order valence-corrected chi connectivity index (χ4v) is 2.51. The van der Waals surface area contributed by atoms with Crippen LogP contribution < -0.4 is 5.73 Å². The molecule has 3 rings (SSSR count). The maximum absolute atomic E-state index is 6.21. The van der Waals surface area contributed by atoms with E-state index >= 15 is 0 Å². The first kappa shape index (κ1) is 13.9. The average molecular weight is 316 g/mol. The molecule has 3 nitrogen and oxygen atoms in total. The third kappa shape index (κ3) is 2.99. The molecule has 0 amide bonds. The maximum Gasteiger partial charge on any atom is 0.163 e. The van der Waals surface area contributed by atoms with Crippen molar-refractivity contribution in [3.05, 3.63) is 64.6 Å². The van der Waals surface area contributed by atoms with Gasteiger partial charge in [-0.2, -0.15) is 0 Å². The van der Waals surface area contributed by atoms with Crippen LogP contribution in [0, 0.1) is 0 Å². The van der Waals surface area contributed by atoms with Crippen LogP contribution in [0.1, 0.15) is 0 Å². The number of hydrogen-bond acceptors (Lipinski definition) is 3. The number of anilines is 1. The van der Waals surface area contributed by atoms with E-state index in [-0.39, 0.29) is 0 Å². The molecule has 21 heavy (non-hydrogen) atoms. The van der Waals surface area contributed by atoms with Crippen molar-refractivity contribution < 1.29 is 0 Å². The standard InChI is InChI=1S/C16H11Cl2N3/c17-11-6-7-12(13(18)8-11)16-20-14(9-15(19)21-16)10-4-2-1-3-5-10/h1-9H,(H2,19,20,21). The summed E-state index contributed by atoms with van der Waals surface area (Å²) >= 11 is 12.1. The number of benzene rings is 2. The first-order valence-electron chi connectivity index (χ1n) is 6.29. The molecule has 0 saturated carbocycles. The molecule has 0 fully saturated rings. The molecule has 1 heterocycles. The van der Waals surface area contributed by atoms with Gasteiger partial charge in [0.1, 0.15) is 5.82 Å². The smallest absolute Gasteiger partial charge is 0.163 e. The van der Waals surface area contributed by atoms with Crippen molar-refractivity contribution in [2.75, 3.05) is 5.73 Å². The van der Waals surface area contributed by atoms with Crippen LogP contribution in [0.4, 0.5) is 5.82 Å². The molecule has 0 radical (unpaired) electrons. The van der Waals surface area contributed by atoms with E-state index in [9.17, 15) is 0 Å². The predicted octanol–water partition coefficient (Wildman–Crippen LogP) is 4.70. The second kappa shape index (κ2) is 5.72. The van der Waals surface area contributed by atoms with Crippen LogP contribution in [0.15, 0.2) is 54.6 Å². The molecule has 5 heteroatoms. The fraction of sp³-hybridized carbons (Fsp3) is 0. The highest BCUT2D eigenvalue weighted by molar-refractivity contribution is 6.36. The Hall–Kier alpha value is -2.10. The SMILES string of the molecule is Nc1cc(-c2ccccc2)nc(-c2ccc(Cl)cc2Cl)n1. The highest BCUT2D eigenvalue weighted by Gasteiger charge is 2.10. The molecule has 0 bridgehead atoms. The van der Waals surface area contributed by atoms with E-state index in [0.717, 1.165) is 11.3 Å². The summed E-state index contributed by atoms with van der Waals surface area (Å²) in [6.45, 7) is 0. The molecule has 0 saturated heterocycles. The molecule has 0 atom stereocenters. The van der Waals surface area contributed by atoms with Crippen molar-refractivity contribution >= 4 is 29.0 Å². The van der Waals surface area contributed by atoms with Crippen molar-refractivity contribution in [2.45, 2.75) is 0 Å². The van der Waals surface area contributed by atoms with E-state index in [1.165, 1.54) is 0 Å². The number of nitrogen functional groups attached to an aromatic ring is 1. The predicted molar refractivity (Wildman–Crippen MR) is 87.3 cm³/mol. The van der Waals surface area contributed by atoms with Gasteiger partial charge in [-0.15, -0.1) is 0 Å². The summed E-state index contributed by atoms with van der Waals surface area (Å²) in [7, 11) is 0. The highest BCUT2D eigenvalue weighted by Crippen LogP contribution is 2.30. The minimum absolute atomic E-state index is 0.393. The van der Waals surface area contributed by atoms with E-state index in [4.69, 9.17) is 28.9 Å². The largest absolute Gasteiger partial charge is 0.384 e. The lowest BCUT2D eigenvalue weighted by atomic mass is 10.1.